The lowest BCUT2D eigenvalue weighted by atomic mass is 10.3. The highest BCUT2D eigenvalue weighted by Crippen LogP contribution is 2.25. The SMILES string of the molecule is C#CCN(CCC)S(=O)(=O)c1ccc(CCNC2CC2)s1. The van der Waals surface area contributed by atoms with Gasteiger partial charge in [-0.15, -0.1) is 17.8 Å². The lowest BCUT2D eigenvalue weighted by Crippen LogP contribution is -2.31. The molecule has 0 saturated heterocycles. The van der Waals surface area contributed by atoms with E-state index in [-0.39, 0.29) is 6.54 Å². The highest BCUT2D eigenvalue weighted by atomic mass is 32.2. The van der Waals surface area contributed by atoms with Crippen LogP contribution in [0.2, 0.25) is 0 Å². The minimum Gasteiger partial charge on any atom is -0.314 e. The quantitative estimate of drug-likeness (QED) is 0.707. The summed E-state index contributed by atoms with van der Waals surface area (Å²) in [6, 6.07) is 4.29. The Hall–Kier alpha value is -0.870. The number of sulfonamides is 1. The van der Waals surface area contributed by atoms with Crippen molar-refractivity contribution in [1.82, 2.24) is 9.62 Å². The summed E-state index contributed by atoms with van der Waals surface area (Å²) in [7, 11) is -3.44. The van der Waals surface area contributed by atoms with Gasteiger partial charge in [0, 0.05) is 24.0 Å². The van der Waals surface area contributed by atoms with Crippen LogP contribution in [0.4, 0.5) is 0 Å². The number of hydrogen-bond donors (Lipinski definition) is 1. The standard InChI is InChI=1S/C15H22N2O2S2/c1-3-11-17(12-4-2)21(18,19)15-8-7-14(20-15)9-10-16-13-5-6-13/h1,7-8,13,16H,4-6,9-12H2,2H3. The van der Waals surface area contributed by atoms with Crippen LogP contribution in [0, 0.1) is 12.3 Å². The van der Waals surface area contributed by atoms with Gasteiger partial charge in [0.15, 0.2) is 0 Å². The van der Waals surface area contributed by atoms with Crippen molar-refractivity contribution in [1.29, 1.82) is 0 Å². The van der Waals surface area contributed by atoms with Gasteiger partial charge in [0.1, 0.15) is 4.21 Å². The van der Waals surface area contributed by atoms with E-state index in [9.17, 15) is 8.42 Å². The summed E-state index contributed by atoms with van der Waals surface area (Å²) in [4.78, 5) is 1.10. The molecule has 1 aromatic rings. The number of nitrogens with one attached hydrogen (secondary N) is 1. The van der Waals surface area contributed by atoms with E-state index in [4.69, 9.17) is 6.42 Å². The van der Waals surface area contributed by atoms with Crippen LogP contribution < -0.4 is 5.32 Å². The Balaban J connectivity index is 2.01. The Kier molecular flexibility index (Phi) is 5.82. The summed E-state index contributed by atoms with van der Waals surface area (Å²) in [6.07, 6.45) is 9.44. The Morgan fingerprint density at radius 2 is 2.24 bits per heavy atom. The second-order valence-electron chi connectivity index (χ2n) is 5.24. The number of hydrogen-bond acceptors (Lipinski definition) is 4. The summed E-state index contributed by atoms with van der Waals surface area (Å²) in [5.74, 6) is 2.43. The molecule has 1 aliphatic carbocycles. The predicted octanol–water partition coefficient (Wildman–Crippen LogP) is 2.08. The molecule has 0 aromatic carbocycles. The first kappa shape index (κ1) is 16.5. The molecule has 21 heavy (non-hydrogen) atoms. The molecule has 1 fully saturated rings. The van der Waals surface area contributed by atoms with Crippen molar-refractivity contribution in [3.63, 3.8) is 0 Å². The first-order valence-corrected chi connectivity index (χ1v) is 9.59. The molecular formula is C15H22N2O2S2. The van der Waals surface area contributed by atoms with Gasteiger partial charge < -0.3 is 5.32 Å². The lowest BCUT2D eigenvalue weighted by molar-refractivity contribution is 0.447. The van der Waals surface area contributed by atoms with Crippen LogP contribution in [0.15, 0.2) is 16.3 Å². The zero-order valence-corrected chi connectivity index (χ0v) is 14.0. The number of terminal acetylenes is 1. The van der Waals surface area contributed by atoms with Crippen LogP contribution in [-0.4, -0.2) is 38.4 Å². The Morgan fingerprint density at radius 3 is 2.86 bits per heavy atom. The number of thiophene rings is 1. The van der Waals surface area contributed by atoms with Gasteiger partial charge in [0.05, 0.1) is 6.54 Å². The average molecular weight is 326 g/mol. The molecule has 1 heterocycles. The van der Waals surface area contributed by atoms with Crippen molar-refractivity contribution in [2.75, 3.05) is 19.6 Å². The second-order valence-corrected chi connectivity index (χ2v) is 8.57. The van der Waals surface area contributed by atoms with Gasteiger partial charge in [-0.25, -0.2) is 8.42 Å². The molecule has 116 valence electrons. The molecular weight excluding hydrogens is 304 g/mol. The van der Waals surface area contributed by atoms with E-state index in [0.717, 1.165) is 24.3 Å². The summed E-state index contributed by atoms with van der Waals surface area (Å²) in [6.45, 7) is 3.45. The zero-order valence-electron chi connectivity index (χ0n) is 12.3. The molecule has 1 N–H and O–H groups in total. The highest BCUT2D eigenvalue weighted by Gasteiger charge is 2.25. The zero-order chi connectivity index (χ0) is 15.3. The van der Waals surface area contributed by atoms with E-state index in [1.807, 2.05) is 13.0 Å². The first-order valence-electron chi connectivity index (χ1n) is 7.33. The van der Waals surface area contributed by atoms with Gasteiger partial charge in [0.2, 0.25) is 0 Å². The van der Waals surface area contributed by atoms with E-state index in [1.165, 1.54) is 28.5 Å². The van der Waals surface area contributed by atoms with E-state index in [0.29, 0.717) is 16.8 Å². The van der Waals surface area contributed by atoms with Crippen molar-refractivity contribution < 1.29 is 8.42 Å². The van der Waals surface area contributed by atoms with Gasteiger partial charge in [-0.1, -0.05) is 12.8 Å². The molecule has 0 bridgehead atoms. The fourth-order valence-corrected chi connectivity index (χ4v) is 5.04. The number of rotatable bonds is 9. The van der Waals surface area contributed by atoms with Crippen molar-refractivity contribution in [3.8, 4) is 12.3 Å². The Morgan fingerprint density at radius 1 is 1.48 bits per heavy atom. The lowest BCUT2D eigenvalue weighted by Gasteiger charge is -2.17. The van der Waals surface area contributed by atoms with Gasteiger partial charge in [-0.05, 0) is 37.8 Å². The van der Waals surface area contributed by atoms with E-state index in [2.05, 4.69) is 11.2 Å². The minimum absolute atomic E-state index is 0.132. The maximum Gasteiger partial charge on any atom is 0.253 e. The van der Waals surface area contributed by atoms with Crippen LogP contribution in [0.1, 0.15) is 31.1 Å². The molecule has 1 saturated carbocycles. The average Bonchev–Trinajstić information content (AvgIpc) is 3.14. The van der Waals surface area contributed by atoms with Crippen LogP contribution in [0.5, 0.6) is 0 Å². The molecule has 0 radical (unpaired) electrons. The van der Waals surface area contributed by atoms with Crippen molar-refractivity contribution in [3.05, 3.63) is 17.0 Å². The van der Waals surface area contributed by atoms with Gasteiger partial charge in [-0.3, -0.25) is 0 Å². The summed E-state index contributed by atoms with van der Waals surface area (Å²) in [5.41, 5.74) is 0. The number of nitrogens with zero attached hydrogens (tertiary/aromatic N) is 1. The first-order chi connectivity index (χ1) is 10.1. The van der Waals surface area contributed by atoms with Crippen molar-refractivity contribution in [2.24, 2.45) is 0 Å². The summed E-state index contributed by atoms with van der Waals surface area (Å²) in [5, 5.41) is 3.44. The van der Waals surface area contributed by atoms with E-state index < -0.39 is 10.0 Å². The molecule has 4 nitrogen and oxygen atoms in total. The monoisotopic (exact) mass is 326 g/mol. The van der Waals surface area contributed by atoms with Crippen LogP contribution in [0.3, 0.4) is 0 Å². The maximum absolute atomic E-state index is 12.5. The Bertz CT molecular complexity index is 597. The van der Waals surface area contributed by atoms with Gasteiger partial charge in [-0.2, -0.15) is 4.31 Å². The third kappa shape index (κ3) is 4.55. The molecule has 1 aromatic heterocycles. The Labute approximate surface area is 131 Å². The van der Waals surface area contributed by atoms with Gasteiger partial charge >= 0.3 is 0 Å². The second kappa shape index (κ2) is 7.41. The van der Waals surface area contributed by atoms with Crippen LogP contribution in [0.25, 0.3) is 0 Å². The molecule has 0 atom stereocenters. The summed E-state index contributed by atoms with van der Waals surface area (Å²) >= 11 is 1.35. The topological polar surface area (TPSA) is 49.4 Å². The molecule has 0 spiro atoms. The highest BCUT2D eigenvalue weighted by molar-refractivity contribution is 7.91. The summed E-state index contributed by atoms with van der Waals surface area (Å²) < 4.78 is 26.9. The third-order valence-corrected chi connectivity index (χ3v) is 6.81. The third-order valence-electron chi connectivity index (χ3n) is 3.35. The van der Waals surface area contributed by atoms with E-state index >= 15 is 0 Å². The molecule has 1 aliphatic rings. The largest absolute Gasteiger partial charge is 0.314 e. The van der Waals surface area contributed by atoms with Crippen molar-refractivity contribution in [2.45, 2.75) is 42.9 Å². The maximum atomic E-state index is 12.5. The molecule has 6 heteroatoms. The fourth-order valence-electron chi connectivity index (χ4n) is 2.08. The van der Waals surface area contributed by atoms with Crippen LogP contribution >= 0.6 is 11.3 Å². The minimum atomic E-state index is -3.44. The molecule has 2 rings (SSSR count). The van der Waals surface area contributed by atoms with Crippen LogP contribution in [-0.2, 0) is 16.4 Å². The molecule has 0 amide bonds. The smallest absolute Gasteiger partial charge is 0.253 e. The van der Waals surface area contributed by atoms with Gasteiger partial charge in [0.25, 0.3) is 10.0 Å². The fraction of sp³-hybridized carbons (Fsp3) is 0.600. The normalized spacial score (nSPS) is 15.3. The van der Waals surface area contributed by atoms with E-state index in [1.54, 1.807) is 6.07 Å². The predicted molar refractivity (Wildman–Crippen MR) is 86.9 cm³/mol. The molecule has 0 aliphatic heterocycles. The molecule has 0 unspecified atom stereocenters. The van der Waals surface area contributed by atoms with Crippen molar-refractivity contribution >= 4 is 21.4 Å².